The minimum atomic E-state index is -0.729. The van der Waals surface area contributed by atoms with E-state index in [0.29, 0.717) is 6.54 Å². The first-order valence-electron chi connectivity index (χ1n) is 17.8. The van der Waals surface area contributed by atoms with Crippen molar-refractivity contribution in [2.24, 2.45) is 0 Å². The van der Waals surface area contributed by atoms with Crippen molar-refractivity contribution in [2.45, 2.75) is 31.6 Å². The van der Waals surface area contributed by atoms with Crippen LogP contribution in [0.3, 0.4) is 0 Å². The van der Waals surface area contributed by atoms with Crippen LogP contribution in [-0.2, 0) is 31.9 Å². The molecule has 53 heavy (non-hydrogen) atoms. The van der Waals surface area contributed by atoms with Gasteiger partial charge in [-0.05, 0) is 46.8 Å². The van der Waals surface area contributed by atoms with Gasteiger partial charge in [-0.15, -0.1) is 40.5 Å². The Kier molecular flexibility index (Phi) is 7.76. The molecular formula is C46H36N6Pt. The van der Waals surface area contributed by atoms with Crippen LogP contribution in [0.25, 0.3) is 44.1 Å². The Labute approximate surface area is 324 Å². The topological polar surface area (TPSA) is 51.3 Å². The largest absolute Gasteiger partial charge is 4.00 e. The Balaban J connectivity index is 0.00000372. The number of benzene rings is 5. The van der Waals surface area contributed by atoms with Gasteiger partial charge in [0.25, 0.3) is 0 Å². The smallest absolute Gasteiger partial charge is 0.487 e. The molecule has 0 unspecified atom stereocenters. The van der Waals surface area contributed by atoms with E-state index in [9.17, 15) is 0 Å². The number of hydrogen-bond acceptors (Lipinski definition) is 4. The Morgan fingerprint density at radius 3 is 2.19 bits per heavy atom. The average molecular weight is 868 g/mol. The van der Waals surface area contributed by atoms with Gasteiger partial charge in [0.05, 0.1) is 0 Å². The van der Waals surface area contributed by atoms with Crippen molar-refractivity contribution in [3.05, 3.63) is 180 Å². The molecule has 0 saturated heterocycles. The molecule has 5 aromatic carbocycles. The average Bonchev–Trinajstić information content (AvgIpc) is 3.80. The van der Waals surface area contributed by atoms with Crippen LogP contribution in [0.15, 0.2) is 128 Å². The van der Waals surface area contributed by atoms with Crippen LogP contribution in [0.4, 0.5) is 17.3 Å². The molecule has 0 spiro atoms. The maximum absolute atomic E-state index is 4.95. The zero-order valence-electron chi connectivity index (χ0n) is 29.9. The molecule has 1 aliphatic carbocycles. The van der Waals surface area contributed by atoms with Gasteiger partial charge in [0.2, 0.25) is 0 Å². The van der Waals surface area contributed by atoms with Gasteiger partial charge in [-0.25, -0.2) is 9.97 Å². The summed E-state index contributed by atoms with van der Waals surface area (Å²) in [5, 5.41) is 7.29. The summed E-state index contributed by atoms with van der Waals surface area (Å²) in [6.45, 7) is 9.54. The fraction of sp³-hybridized carbons (Fsp3) is 0.152. The van der Waals surface area contributed by atoms with Gasteiger partial charge in [0, 0.05) is 17.8 Å². The van der Waals surface area contributed by atoms with Crippen molar-refractivity contribution >= 4 is 44.9 Å². The molecule has 6 nitrogen and oxygen atoms in total. The van der Waals surface area contributed by atoms with E-state index in [1.165, 1.54) is 33.2 Å². The van der Waals surface area contributed by atoms with Crippen molar-refractivity contribution < 1.29 is 21.1 Å². The molecule has 0 fully saturated rings. The predicted octanol–water partition coefficient (Wildman–Crippen LogP) is 10.3. The second-order valence-corrected chi connectivity index (χ2v) is 14.8. The van der Waals surface area contributed by atoms with Gasteiger partial charge in [-0.2, -0.15) is 35.9 Å². The first kappa shape index (κ1) is 33.4. The Morgan fingerprint density at radius 1 is 0.774 bits per heavy atom. The first-order valence-corrected chi connectivity index (χ1v) is 17.8. The summed E-state index contributed by atoms with van der Waals surface area (Å²) >= 11 is 0. The summed E-state index contributed by atoms with van der Waals surface area (Å²) in [5.74, 6) is 2.52. The SMILES string of the molecule is CN1[CH-]N(c2[c-]c(C3(c4[c-]c5c(cc4)c4ccccc4n5C4=CC=CC[N-]4)c4ccccc4-c4ccccc43)cc(C(C)(C)C)c2)c2nccnc21.[Pt+4]. The fourth-order valence-electron chi connectivity index (χ4n) is 8.39. The third-order valence-corrected chi connectivity index (χ3v) is 10.8. The van der Waals surface area contributed by atoms with E-state index >= 15 is 0 Å². The Morgan fingerprint density at radius 2 is 1.47 bits per heavy atom. The molecule has 2 aliphatic heterocycles. The number of nitrogens with zero attached hydrogens (tertiary/aromatic N) is 6. The number of fused-ring (bicyclic) bond motifs is 7. The normalized spacial score (nSPS) is 15.5. The zero-order chi connectivity index (χ0) is 35.2. The molecular weight excluding hydrogens is 832 g/mol. The summed E-state index contributed by atoms with van der Waals surface area (Å²) in [5.41, 5.74) is 10.4. The summed E-state index contributed by atoms with van der Waals surface area (Å²) in [4.78, 5) is 13.6. The fourth-order valence-corrected chi connectivity index (χ4v) is 8.39. The van der Waals surface area contributed by atoms with Gasteiger partial charge in [-0.1, -0.05) is 123 Å². The number of rotatable bonds is 4. The van der Waals surface area contributed by atoms with Crippen molar-refractivity contribution in [3.63, 3.8) is 0 Å². The molecule has 7 heteroatoms. The maximum Gasteiger partial charge on any atom is 4.00 e. The van der Waals surface area contributed by atoms with Gasteiger partial charge >= 0.3 is 21.1 Å². The molecule has 2 aromatic heterocycles. The van der Waals surface area contributed by atoms with Crippen molar-refractivity contribution in [2.75, 3.05) is 23.4 Å². The molecule has 0 bridgehead atoms. The summed E-state index contributed by atoms with van der Waals surface area (Å²) in [6, 6.07) is 43.6. The van der Waals surface area contributed by atoms with E-state index in [4.69, 9.17) is 10.3 Å². The van der Waals surface area contributed by atoms with Crippen LogP contribution in [0.2, 0.25) is 0 Å². The monoisotopic (exact) mass is 867 g/mol. The van der Waals surface area contributed by atoms with E-state index in [2.05, 4.69) is 169 Å². The summed E-state index contributed by atoms with van der Waals surface area (Å²) in [6.07, 6.45) is 9.78. The number of para-hydroxylation sites is 1. The molecule has 4 heterocycles. The van der Waals surface area contributed by atoms with E-state index in [0.717, 1.165) is 50.7 Å². The van der Waals surface area contributed by atoms with E-state index in [-0.39, 0.29) is 26.5 Å². The van der Waals surface area contributed by atoms with Crippen LogP contribution in [0.1, 0.15) is 48.6 Å². The molecule has 7 aromatic rings. The maximum atomic E-state index is 4.95. The van der Waals surface area contributed by atoms with E-state index < -0.39 is 5.41 Å². The number of anilines is 3. The van der Waals surface area contributed by atoms with Gasteiger partial charge in [-0.3, -0.25) is 0 Å². The number of aromatic nitrogens is 3. The predicted molar refractivity (Wildman–Crippen MR) is 212 cm³/mol. The molecule has 0 radical (unpaired) electrons. The molecule has 0 atom stereocenters. The molecule has 0 N–H and O–H groups in total. The molecule has 0 amide bonds. The second-order valence-electron chi connectivity index (χ2n) is 14.8. The second kappa shape index (κ2) is 12.3. The standard InChI is InChI=1S/C46H36N6.Pt/c1-45(2,3)31-25-32(27-33(26-31)51-29-50(4)43-44(51)49-24-23-48-43)46(38-16-8-5-13-34(38)35-14-6-9-17-39(35)46)30-20-21-37-36-15-7-10-18-40(36)52(41(37)28-30)42-19-11-12-22-47-42;/h5-21,23-26,29H,22H2,1-4H3;/q-4;+4. The zero-order valence-corrected chi connectivity index (χ0v) is 32.2. The van der Waals surface area contributed by atoms with Crippen molar-refractivity contribution in [1.82, 2.24) is 14.5 Å². The Hall–Kier alpha value is -5.45. The summed E-state index contributed by atoms with van der Waals surface area (Å²) < 4.78 is 2.28. The number of allylic oxidation sites excluding steroid dienone is 2. The molecule has 0 saturated carbocycles. The van der Waals surface area contributed by atoms with Gasteiger partial charge in [0.1, 0.15) is 11.6 Å². The minimum Gasteiger partial charge on any atom is -0.487 e. The van der Waals surface area contributed by atoms with Gasteiger partial charge in [0.15, 0.2) is 0 Å². The third-order valence-electron chi connectivity index (χ3n) is 10.8. The van der Waals surface area contributed by atoms with Crippen LogP contribution in [0.5, 0.6) is 0 Å². The third kappa shape index (κ3) is 4.88. The van der Waals surface area contributed by atoms with Crippen molar-refractivity contribution in [3.8, 4) is 11.1 Å². The van der Waals surface area contributed by atoms with Crippen molar-refractivity contribution in [1.29, 1.82) is 0 Å². The van der Waals surface area contributed by atoms with E-state index in [1.807, 2.05) is 11.9 Å². The van der Waals surface area contributed by atoms with Crippen LogP contribution in [0, 0.1) is 18.8 Å². The van der Waals surface area contributed by atoms with E-state index in [1.54, 1.807) is 12.4 Å². The Bertz CT molecular complexity index is 2600. The first-order chi connectivity index (χ1) is 25.3. The quantitative estimate of drug-likeness (QED) is 0.165. The van der Waals surface area contributed by atoms with Crippen LogP contribution < -0.4 is 9.80 Å². The molecule has 10 rings (SSSR count). The minimum absolute atomic E-state index is 0. The van der Waals surface area contributed by atoms with Gasteiger partial charge < -0.3 is 19.7 Å². The van der Waals surface area contributed by atoms with Crippen LogP contribution in [-0.4, -0.2) is 28.1 Å². The molecule has 3 aliphatic rings. The molecule has 260 valence electrons. The van der Waals surface area contributed by atoms with Crippen LogP contribution >= 0.6 is 0 Å². The number of hydrogen-bond donors (Lipinski definition) is 0. The summed E-state index contributed by atoms with van der Waals surface area (Å²) in [7, 11) is 2.01.